The van der Waals surface area contributed by atoms with Gasteiger partial charge in [-0.05, 0) is 54.7 Å². The predicted molar refractivity (Wildman–Crippen MR) is 107 cm³/mol. The maximum Gasteiger partial charge on any atom is 0.147 e. The van der Waals surface area contributed by atoms with Gasteiger partial charge in [0.2, 0.25) is 0 Å². The van der Waals surface area contributed by atoms with Crippen LogP contribution in [0, 0.1) is 0 Å². The first kappa shape index (κ1) is 14.3. The van der Waals surface area contributed by atoms with Crippen molar-refractivity contribution in [2.45, 2.75) is 31.6 Å². The zero-order chi connectivity index (χ0) is 17.1. The summed E-state index contributed by atoms with van der Waals surface area (Å²) in [5.74, 6) is 0.649. The Morgan fingerprint density at radius 2 is 1.69 bits per heavy atom. The molecule has 0 amide bonds. The quantitative estimate of drug-likeness (QED) is 0.359. The molecule has 1 fully saturated rings. The van der Waals surface area contributed by atoms with E-state index in [9.17, 15) is 0 Å². The van der Waals surface area contributed by atoms with E-state index in [1.54, 1.807) is 0 Å². The zero-order valence-electron chi connectivity index (χ0n) is 14.5. The van der Waals surface area contributed by atoms with E-state index in [0.29, 0.717) is 5.92 Å². The number of fused-ring (bicyclic) bond motifs is 8. The molecule has 26 heavy (non-hydrogen) atoms. The largest absolute Gasteiger partial charge is 0.292 e. The van der Waals surface area contributed by atoms with Crippen LogP contribution in [0.4, 0.5) is 0 Å². The fourth-order valence-electron chi connectivity index (χ4n) is 4.81. The van der Waals surface area contributed by atoms with Crippen molar-refractivity contribution < 1.29 is 0 Å². The van der Waals surface area contributed by atoms with Crippen molar-refractivity contribution in [2.24, 2.45) is 0 Å². The molecule has 1 aliphatic carbocycles. The van der Waals surface area contributed by atoms with E-state index >= 15 is 0 Å². The van der Waals surface area contributed by atoms with Crippen LogP contribution >= 0.6 is 0 Å². The number of aromatic nitrogens is 3. The van der Waals surface area contributed by atoms with Gasteiger partial charge in [-0.2, -0.15) is 0 Å². The van der Waals surface area contributed by atoms with Crippen LogP contribution in [0.25, 0.3) is 38.5 Å². The number of benzene rings is 2. The Balaban J connectivity index is 1.90. The average Bonchev–Trinajstić information content (AvgIpc) is 3.36. The summed E-state index contributed by atoms with van der Waals surface area (Å²) in [6.45, 7) is 0. The minimum absolute atomic E-state index is 0.649. The molecule has 0 radical (unpaired) electrons. The highest BCUT2D eigenvalue weighted by molar-refractivity contribution is 6.13. The van der Waals surface area contributed by atoms with Gasteiger partial charge in [-0.3, -0.25) is 9.38 Å². The van der Waals surface area contributed by atoms with Crippen LogP contribution in [0.1, 0.15) is 37.2 Å². The van der Waals surface area contributed by atoms with E-state index in [-0.39, 0.29) is 0 Å². The molecule has 0 unspecified atom stereocenters. The van der Waals surface area contributed by atoms with Gasteiger partial charge in [0.25, 0.3) is 0 Å². The third-order valence-electron chi connectivity index (χ3n) is 5.96. The van der Waals surface area contributed by atoms with E-state index in [1.165, 1.54) is 47.7 Å². The third-order valence-corrected chi connectivity index (χ3v) is 5.96. The molecule has 3 aromatic heterocycles. The lowest BCUT2D eigenvalue weighted by atomic mass is 9.92. The molecule has 3 heterocycles. The average molecular weight is 337 g/mol. The van der Waals surface area contributed by atoms with Gasteiger partial charge in [0.1, 0.15) is 5.65 Å². The lowest BCUT2D eigenvalue weighted by molar-refractivity contribution is 0.729. The minimum Gasteiger partial charge on any atom is -0.292 e. The second-order valence-electron chi connectivity index (χ2n) is 7.38. The molecule has 0 N–H and O–H groups in total. The summed E-state index contributed by atoms with van der Waals surface area (Å²) in [4.78, 5) is 9.75. The van der Waals surface area contributed by atoms with Gasteiger partial charge in [-0.1, -0.05) is 37.1 Å². The zero-order valence-corrected chi connectivity index (χ0v) is 14.5. The standard InChI is InChI=1S/C23H19N3/c1-2-8-15(7-1)16-9-5-13-20-21(16)22-17(10-6-14-24-22)23-25-18-11-3-4-12-19(18)26(20)23/h3-6,9-15H,1-2,7-8H2. The maximum absolute atomic E-state index is 4.94. The van der Waals surface area contributed by atoms with Gasteiger partial charge in [-0.15, -0.1) is 0 Å². The molecular formula is C23H19N3. The van der Waals surface area contributed by atoms with Crippen molar-refractivity contribution in [2.75, 3.05) is 0 Å². The first-order valence-electron chi connectivity index (χ1n) is 9.48. The molecule has 6 rings (SSSR count). The third kappa shape index (κ3) is 1.83. The Bertz CT molecular complexity index is 1290. The fraction of sp³-hybridized carbons (Fsp3) is 0.217. The van der Waals surface area contributed by atoms with Gasteiger partial charge in [-0.25, -0.2) is 4.98 Å². The van der Waals surface area contributed by atoms with Crippen LogP contribution in [0.15, 0.2) is 60.8 Å². The number of para-hydroxylation sites is 2. The van der Waals surface area contributed by atoms with E-state index in [1.807, 2.05) is 12.3 Å². The molecule has 1 aliphatic rings. The fourth-order valence-corrected chi connectivity index (χ4v) is 4.81. The normalized spacial score (nSPS) is 15.7. The number of nitrogens with zero attached hydrogens (tertiary/aromatic N) is 3. The minimum atomic E-state index is 0.649. The summed E-state index contributed by atoms with van der Waals surface area (Å²) in [7, 11) is 0. The summed E-state index contributed by atoms with van der Waals surface area (Å²) in [6, 6.07) is 19.3. The summed E-state index contributed by atoms with van der Waals surface area (Å²) in [6.07, 6.45) is 7.16. The smallest absolute Gasteiger partial charge is 0.147 e. The highest BCUT2D eigenvalue weighted by Crippen LogP contribution is 2.40. The van der Waals surface area contributed by atoms with Crippen molar-refractivity contribution >= 4 is 38.5 Å². The lowest BCUT2D eigenvalue weighted by Crippen LogP contribution is -1.99. The van der Waals surface area contributed by atoms with Crippen LogP contribution in [0.3, 0.4) is 0 Å². The van der Waals surface area contributed by atoms with Gasteiger partial charge >= 0.3 is 0 Å². The molecule has 0 bridgehead atoms. The topological polar surface area (TPSA) is 30.2 Å². The maximum atomic E-state index is 4.94. The highest BCUT2D eigenvalue weighted by atomic mass is 15.0. The van der Waals surface area contributed by atoms with E-state index < -0.39 is 0 Å². The van der Waals surface area contributed by atoms with E-state index in [2.05, 4.69) is 52.9 Å². The van der Waals surface area contributed by atoms with Crippen LogP contribution in [0.5, 0.6) is 0 Å². The number of rotatable bonds is 1. The molecule has 3 nitrogen and oxygen atoms in total. The molecule has 126 valence electrons. The molecular weight excluding hydrogens is 318 g/mol. The number of hydrogen-bond donors (Lipinski definition) is 0. The van der Waals surface area contributed by atoms with E-state index in [4.69, 9.17) is 9.97 Å². The first-order valence-corrected chi connectivity index (χ1v) is 9.48. The molecule has 0 aliphatic heterocycles. The molecule has 2 aromatic carbocycles. The second-order valence-corrected chi connectivity index (χ2v) is 7.38. The Hall–Kier alpha value is -2.94. The van der Waals surface area contributed by atoms with Gasteiger partial charge < -0.3 is 0 Å². The molecule has 0 atom stereocenters. The van der Waals surface area contributed by atoms with Gasteiger partial charge in [0.05, 0.1) is 22.1 Å². The molecule has 0 saturated heterocycles. The monoisotopic (exact) mass is 337 g/mol. The summed E-state index contributed by atoms with van der Waals surface area (Å²) in [5, 5.41) is 2.45. The first-order chi connectivity index (χ1) is 12.9. The molecule has 5 aromatic rings. The van der Waals surface area contributed by atoms with E-state index in [0.717, 1.165) is 22.1 Å². The van der Waals surface area contributed by atoms with Crippen molar-refractivity contribution in [3.05, 3.63) is 66.4 Å². The number of pyridine rings is 2. The van der Waals surface area contributed by atoms with Gasteiger partial charge in [0.15, 0.2) is 0 Å². The molecule has 3 heteroatoms. The second kappa shape index (κ2) is 5.28. The van der Waals surface area contributed by atoms with Crippen molar-refractivity contribution in [1.82, 2.24) is 14.4 Å². The Morgan fingerprint density at radius 3 is 2.62 bits per heavy atom. The van der Waals surface area contributed by atoms with Crippen molar-refractivity contribution in [3.8, 4) is 0 Å². The van der Waals surface area contributed by atoms with Crippen molar-refractivity contribution in [1.29, 1.82) is 0 Å². The summed E-state index contributed by atoms with van der Waals surface area (Å²) < 4.78 is 2.33. The number of imidazole rings is 1. The summed E-state index contributed by atoms with van der Waals surface area (Å²) >= 11 is 0. The van der Waals surface area contributed by atoms with Crippen LogP contribution in [-0.4, -0.2) is 14.4 Å². The van der Waals surface area contributed by atoms with Crippen LogP contribution < -0.4 is 0 Å². The van der Waals surface area contributed by atoms with Crippen LogP contribution in [-0.2, 0) is 0 Å². The van der Waals surface area contributed by atoms with Gasteiger partial charge in [0, 0.05) is 17.0 Å². The summed E-state index contributed by atoms with van der Waals surface area (Å²) in [5.41, 5.74) is 6.99. The SMILES string of the molecule is c1ccc2c(c1)nc1c3cccnc3c3c(C4CCCC4)cccc3n21. The highest BCUT2D eigenvalue weighted by Gasteiger charge is 2.22. The Kier molecular flexibility index (Phi) is 2.89. The lowest BCUT2D eigenvalue weighted by Gasteiger charge is -2.16. The Labute approximate surface area is 151 Å². The number of hydrogen-bond acceptors (Lipinski definition) is 2. The van der Waals surface area contributed by atoms with Crippen LogP contribution in [0.2, 0.25) is 0 Å². The predicted octanol–water partition coefficient (Wildman–Crippen LogP) is 5.85. The molecule has 0 spiro atoms. The Morgan fingerprint density at radius 1 is 0.846 bits per heavy atom. The van der Waals surface area contributed by atoms with Crippen molar-refractivity contribution in [3.63, 3.8) is 0 Å². The molecule has 1 saturated carbocycles.